The monoisotopic (exact) mass is 309 g/mol. The van der Waals surface area contributed by atoms with E-state index >= 15 is 0 Å². The number of carbonyl (C=O) groups is 1. The predicted molar refractivity (Wildman–Crippen MR) is 76.5 cm³/mol. The minimum absolute atomic E-state index is 0.0939. The summed E-state index contributed by atoms with van der Waals surface area (Å²) in [5.74, 6) is -0.686. The largest absolute Gasteiger partial charge is 0.354 e. The molecule has 1 aromatic carbocycles. The number of sulfonamides is 1. The zero-order valence-corrected chi connectivity index (χ0v) is 12.6. The summed E-state index contributed by atoms with van der Waals surface area (Å²) in [6, 6.07) is 4.76. The van der Waals surface area contributed by atoms with Gasteiger partial charge in [0.05, 0.1) is 4.90 Å². The standard InChI is InChI=1S/C12H15N5O3S/c1-7-4-5-9(6-8(7)2)21(19,20)16-11-10(12(18)13-3)14-17-15-11/h4-6H,1-3H3,(H,13,18)(H2,14,15,16,17). The molecule has 2 aromatic rings. The lowest BCUT2D eigenvalue weighted by Crippen LogP contribution is -2.22. The van der Waals surface area contributed by atoms with Crippen molar-refractivity contribution in [1.82, 2.24) is 20.7 Å². The maximum atomic E-state index is 12.3. The van der Waals surface area contributed by atoms with Crippen LogP contribution in [0.15, 0.2) is 23.1 Å². The average Bonchev–Trinajstić information content (AvgIpc) is 2.88. The first-order chi connectivity index (χ1) is 9.85. The Labute approximate surface area is 122 Å². The van der Waals surface area contributed by atoms with Crippen LogP contribution in [0.1, 0.15) is 21.6 Å². The van der Waals surface area contributed by atoms with Crippen LogP contribution in [0.4, 0.5) is 5.82 Å². The SMILES string of the molecule is CNC(=O)c1n[nH]nc1NS(=O)(=O)c1ccc(C)c(C)c1. The van der Waals surface area contributed by atoms with Gasteiger partial charge in [-0.2, -0.15) is 5.21 Å². The van der Waals surface area contributed by atoms with Gasteiger partial charge in [0, 0.05) is 7.05 Å². The van der Waals surface area contributed by atoms with E-state index in [1.165, 1.54) is 13.1 Å². The Balaban J connectivity index is 2.36. The summed E-state index contributed by atoms with van der Waals surface area (Å²) in [6.45, 7) is 3.71. The van der Waals surface area contributed by atoms with Gasteiger partial charge < -0.3 is 5.32 Å². The number of hydrogen-bond acceptors (Lipinski definition) is 5. The molecule has 1 aromatic heterocycles. The van der Waals surface area contributed by atoms with Crippen LogP contribution in [-0.2, 0) is 10.0 Å². The molecule has 0 atom stereocenters. The van der Waals surface area contributed by atoms with Crippen LogP contribution in [0.25, 0.3) is 0 Å². The molecule has 1 heterocycles. The highest BCUT2D eigenvalue weighted by molar-refractivity contribution is 7.92. The molecule has 0 aliphatic carbocycles. The lowest BCUT2D eigenvalue weighted by atomic mass is 10.1. The number of aryl methyl sites for hydroxylation is 2. The van der Waals surface area contributed by atoms with Gasteiger partial charge in [-0.15, -0.1) is 10.2 Å². The smallest absolute Gasteiger partial charge is 0.275 e. The number of amides is 1. The number of aromatic nitrogens is 3. The van der Waals surface area contributed by atoms with Crippen molar-refractivity contribution in [2.24, 2.45) is 0 Å². The van der Waals surface area contributed by atoms with E-state index in [1.807, 2.05) is 13.8 Å². The van der Waals surface area contributed by atoms with Crippen LogP contribution in [-0.4, -0.2) is 36.8 Å². The topological polar surface area (TPSA) is 117 Å². The second-order valence-corrected chi connectivity index (χ2v) is 6.13. The first-order valence-electron chi connectivity index (χ1n) is 6.08. The van der Waals surface area contributed by atoms with Gasteiger partial charge in [0.1, 0.15) is 0 Å². The number of nitrogens with zero attached hydrogens (tertiary/aromatic N) is 2. The van der Waals surface area contributed by atoms with E-state index in [1.54, 1.807) is 12.1 Å². The maximum absolute atomic E-state index is 12.3. The number of carbonyl (C=O) groups excluding carboxylic acids is 1. The molecule has 1 amide bonds. The lowest BCUT2D eigenvalue weighted by Gasteiger charge is -2.08. The van der Waals surface area contributed by atoms with Gasteiger partial charge in [0.25, 0.3) is 15.9 Å². The number of hydrogen-bond donors (Lipinski definition) is 3. The van der Waals surface area contributed by atoms with E-state index in [4.69, 9.17) is 0 Å². The van der Waals surface area contributed by atoms with E-state index in [9.17, 15) is 13.2 Å². The molecule has 0 unspecified atom stereocenters. The summed E-state index contributed by atoms with van der Waals surface area (Å²) in [5, 5.41) is 11.8. The molecule has 0 bridgehead atoms. The Hall–Kier alpha value is -2.42. The fraction of sp³-hybridized carbons (Fsp3) is 0.250. The van der Waals surface area contributed by atoms with Crippen LogP contribution in [0.2, 0.25) is 0 Å². The fourth-order valence-electron chi connectivity index (χ4n) is 1.65. The summed E-state index contributed by atoms with van der Waals surface area (Å²) in [5.41, 5.74) is 1.72. The molecule has 9 heteroatoms. The number of anilines is 1. The molecule has 21 heavy (non-hydrogen) atoms. The molecule has 0 radical (unpaired) electrons. The van der Waals surface area contributed by atoms with E-state index in [0.717, 1.165) is 11.1 Å². The van der Waals surface area contributed by atoms with Crippen LogP contribution >= 0.6 is 0 Å². The Morgan fingerprint density at radius 3 is 2.52 bits per heavy atom. The maximum Gasteiger partial charge on any atom is 0.275 e. The molecule has 0 aliphatic rings. The van der Waals surface area contributed by atoms with E-state index in [0.29, 0.717) is 0 Å². The second-order valence-electron chi connectivity index (χ2n) is 4.45. The van der Waals surface area contributed by atoms with Gasteiger partial charge in [-0.05, 0) is 37.1 Å². The van der Waals surface area contributed by atoms with Gasteiger partial charge in [0.2, 0.25) is 0 Å². The predicted octanol–water partition coefficient (Wildman–Crippen LogP) is 0.582. The number of aromatic amines is 1. The van der Waals surface area contributed by atoms with Crippen molar-refractivity contribution in [3.63, 3.8) is 0 Å². The lowest BCUT2D eigenvalue weighted by molar-refractivity contribution is 0.0959. The van der Waals surface area contributed by atoms with Crippen LogP contribution < -0.4 is 10.0 Å². The third kappa shape index (κ3) is 3.02. The molecule has 0 aliphatic heterocycles. The van der Waals surface area contributed by atoms with E-state index in [2.05, 4.69) is 25.4 Å². The molecule has 0 saturated carbocycles. The summed E-state index contributed by atoms with van der Waals surface area (Å²) >= 11 is 0. The summed E-state index contributed by atoms with van der Waals surface area (Å²) in [6.07, 6.45) is 0. The first kappa shape index (κ1) is 15.0. The van der Waals surface area contributed by atoms with Crippen molar-refractivity contribution >= 4 is 21.7 Å². The van der Waals surface area contributed by atoms with E-state index < -0.39 is 15.9 Å². The van der Waals surface area contributed by atoms with Crippen molar-refractivity contribution in [1.29, 1.82) is 0 Å². The molecule has 0 fully saturated rings. The van der Waals surface area contributed by atoms with E-state index in [-0.39, 0.29) is 16.4 Å². The van der Waals surface area contributed by atoms with Gasteiger partial charge in [-0.3, -0.25) is 9.52 Å². The number of rotatable bonds is 4. The van der Waals surface area contributed by atoms with Crippen molar-refractivity contribution in [2.45, 2.75) is 18.7 Å². The quantitative estimate of drug-likeness (QED) is 0.764. The second kappa shape index (κ2) is 5.52. The molecule has 0 spiro atoms. The number of nitrogens with one attached hydrogen (secondary N) is 3. The third-order valence-electron chi connectivity index (χ3n) is 3.01. The zero-order chi connectivity index (χ0) is 15.6. The fourth-order valence-corrected chi connectivity index (χ4v) is 2.74. The van der Waals surface area contributed by atoms with Gasteiger partial charge >= 0.3 is 0 Å². The van der Waals surface area contributed by atoms with Crippen LogP contribution in [0.3, 0.4) is 0 Å². The summed E-state index contributed by atoms with van der Waals surface area (Å²) in [7, 11) is -2.42. The molecular formula is C12H15N5O3S. The molecule has 2 rings (SSSR count). The van der Waals surface area contributed by atoms with Crippen molar-refractivity contribution in [2.75, 3.05) is 11.8 Å². The highest BCUT2D eigenvalue weighted by Crippen LogP contribution is 2.18. The molecule has 3 N–H and O–H groups in total. The summed E-state index contributed by atoms with van der Waals surface area (Å²) in [4.78, 5) is 11.6. The molecular weight excluding hydrogens is 294 g/mol. The van der Waals surface area contributed by atoms with Crippen molar-refractivity contribution < 1.29 is 13.2 Å². The Kier molecular flexibility index (Phi) is 3.94. The number of benzene rings is 1. The Morgan fingerprint density at radius 2 is 1.90 bits per heavy atom. The Bertz CT molecular complexity index is 782. The normalized spacial score (nSPS) is 11.2. The van der Waals surface area contributed by atoms with Gasteiger partial charge in [-0.25, -0.2) is 8.42 Å². The van der Waals surface area contributed by atoms with Crippen LogP contribution in [0, 0.1) is 13.8 Å². The number of H-pyrrole nitrogens is 1. The van der Waals surface area contributed by atoms with Crippen LogP contribution in [0.5, 0.6) is 0 Å². The molecule has 0 saturated heterocycles. The minimum Gasteiger partial charge on any atom is -0.354 e. The van der Waals surface area contributed by atoms with Gasteiger partial charge in [-0.1, -0.05) is 6.07 Å². The highest BCUT2D eigenvalue weighted by Gasteiger charge is 2.22. The third-order valence-corrected chi connectivity index (χ3v) is 4.35. The summed E-state index contributed by atoms with van der Waals surface area (Å²) < 4.78 is 26.9. The minimum atomic E-state index is -3.84. The highest BCUT2D eigenvalue weighted by atomic mass is 32.2. The average molecular weight is 309 g/mol. The van der Waals surface area contributed by atoms with Crippen molar-refractivity contribution in [3.05, 3.63) is 35.0 Å². The van der Waals surface area contributed by atoms with Crippen molar-refractivity contribution in [3.8, 4) is 0 Å². The zero-order valence-electron chi connectivity index (χ0n) is 11.8. The molecule has 8 nitrogen and oxygen atoms in total. The molecule has 112 valence electrons. The first-order valence-corrected chi connectivity index (χ1v) is 7.56. The Morgan fingerprint density at radius 1 is 1.19 bits per heavy atom. The van der Waals surface area contributed by atoms with Gasteiger partial charge in [0.15, 0.2) is 11.5 Å².